The van der Waals surface area contributed by atoms with E-state index in [-0.39, 0.29) is 106 Å². The molecule has 0 aliphatic rings. The summed E-state index contributed by atoms with van der Waals surface area (Å²) in [7, 11) is 0. The minimum absolute atomic E-state index is 0. The van der Waals surface area contributed by atoms with E-state index >= 15 is 0 Å². The van der Waals surface area contributed by atoms with Crippen LogP contribution in [0.2, 0.25) is 0 Å². The van der Waals surface area contributed by atoms with Crippen molar-refractivity contribution in [2.45, 2.75) is 0 Å². The van der Waals surface area contributed by atoms with Gasteiger partial charge in [-0.15, -0.1) is 0 Å². The molecule has 0 rings (SSSR count). The van der Waals surface area contributed by atoms with E-state index in [1.807, 2.05) is 0 Å². The molecule has 0 heterocycles. The minimum Gasteiger partial charge on any atom is -1.00 e. The maximum absolute atomic E-state index is 0. The third kappa shape index (κ3) is 385. The Labute approximate surface area is 105 Å². The minimum atomic E-state index is 0. The molecule has 0 aromatic rings. The summed E-state index contributed by atoms with van der Waals surface area (Å²) < 4.78 is 0. The van der Waals surface area contributed by atoms with E-state index in [0.29, 0.717) is 0 Å². The van der Waals surface area contributed by atoms with Crippen molar-refractivity contribution in [3.05, 3.63) is 0 Å². The van der Waals surface area contributed by atoms with Gasteiger partial charge in [0.2, 0.25) is 0 Å². The monoisotopic (exact) mass is 250 g/mol. The van der Waals surface area contributed by atoms with Crippen LogP contribution in [-0.4, -0.2) is 17.4 Å². The van der Waals surface area contributed by atoms with Gasteiger partial charge in [-0.05, 0) is 0 Å². The molecule has 0 aliphatic heterocycles. The molecule has 0 nitrogen and oxygen atoms in total. The van der Waals surface area contributed by atoms with Gasteiger partial charge in [0.1, 0.15) is 0 Å². The Kier molecular flexibility index (Phi) is 26000. The topological polar surface area (TPSA) is 0 Å². The van der Waals surface area contributed by atoms with E-state index in [1.165, 1.54) is 0 Å². The van der Waals surface area contributed by atoms with Gasteiger partial charge in [0.05, 0.1) is 0 Å². The quantitative estimate of drug-likeness (QED) is 0.296. The zero-order valence-corrected chi connectivity index (χ0v) is 9.82. The van der Waals surface area contributed by atoms with Crippen LogP contribution in [-0.2, 0) is 21.7 Å². The fourth-order valence-corrected chi connectivity index (χ4v) is 0. The van der Waals surface area contributed by atoms with Crippen molar-refractivity contribution in [2.24, 2.45) is 0 Å². The third-order valence-corrected chi connectivity index (χ3v) is 0. The first-order valence-electron chi connectivity index (χ1n) is 0. The average Bonchev–Trinajstić information content (AvgIpc) is 0. The number of rotatable bonds is 0. The van der Waals surface area contributed by atoms with Crippen molar-refractivity contribution in [1.29, 1.82) is 0 Å². The van der Waals surface area contributed by atoms with Crippen LogP contribution < -0.4 is 67.2 Å². The predicted octanol–water partition coefficient (Wildman–Crippen LogP) is -27.3. The molecule has 0 aromatic carbocycles. The molecule has 0 radical (unpaired) electrons. The molecule has 0 N–H and O–H groups in total. The van der Waals surface area contributed by atoms with Crippen molar-refractivity contribution in [2.75, 3.05) is 0 Å². The van der Waals surface area contributed by atoms with Gasteiger partial charge >= 0.3 is 68.6 Å². The maximum Gasteiger partial charge on any atom is 4.00 e. The van der Waals surface area contributed by atoms with E-state index in [1.54, 1.807) is 0 Å². The average molecular weight is 250 g/mol. The van der Waals surface area contributed by atoms with E-state index in [9.17, 15) is 0 Å². The summed E-state index contributed by atoms with van der Waals surface area (Å²) in [6.07, 6.45) is 0. The largest absolute Gasteiger partial charge is 4.00 e. The number of halogens is 8. The third-order valence-electron chi connectivity index (χ3n) is 0. The van der Waals surface area contributed by atoms with Gasteiger partial charge in [-0.2, -0.15) is 0 Å². The molecule has 0 bridgehead atoms. The van der Waals surface area contributed by atoms with E-state index in [2.05, 4.69) is 0 Å². The van der Waals surface area contributed by atoms with Crippen molar-refractivity contribution in [3.63, 3.8) is 0 Å². The van der Waals surface area contributed by atoms with Crippen LogP contribution in [0, 0.1) is 0 Å². The van der Waals surface area contributed by atoms with Crippen molar-refractivity contribution in [3.8, 4) is 0 Å². The first kappa shape index (κ1) is 609. The molecule has 0 saturated heterocycles. The van der Waals surface area contributed by atoms with Crippen LogP contribution in [0.1, 0.15) is 0 Å². The first-order chi connectivity index (χ1) is 0. The molecule has 0 fully saturated rings. The Balaban J connectivity index is 0. The zero-order chi connectivity index (χ0) is 0. The molecule has 0 aromatic heterocycles. The van der Waals surface area contributed by atoms with Crippen LogP contribution in [0.15, 0.2) is 0 Å². The van der Waals surface area contributed by atoms with Gasteiger partial charge in [-0.1, -0.05) is 0 Å². The summed E-state index contributed by atoms with van der Waals surface area (Å²) >= 11 is 0. The summed E-state index contributed by atoms with van der Waals surface area (Å²) in [5.74, 6) is 0. The van der Waals surface area contributed by atoms with Crippen LogP contribution in [0.4, 0.5) is 0 Å². The molecule has 11 heavy (non-hydrogen) atoms. The van der Waals surface area contributed by atoms with E-state index in [4.69, 9.17) is 0 Å². The molecular formula is AlF8NaTi. The van der Waals surface area contributed by atoms with Crippen molar-refractivity contribution < 1.29 is 88.9 Å². The van der Waals surface area contributed by atoms with Crippen LogP contribution in [0.3, 0.4) is 0 Å². The van der Waals surface area contributed by atoms with Gasteiger partial charge in [-0.3, -0.25) is 0 Å². The maximum atomic E-state index is 0. The molecule has 11 heteroatoms. The molecule has 0 saturated carbocycles. The summed E-state index contributed by atoms with van der Waals surface area (Å²) in [4.78, 5) is 0. The summed E-state index contributed by atoms with van der Waals surface area (Å²) in [5, 5.41) is 0. The zero-order valence-electron chi connectivity index (χ0n) is 5.10. The molecule has 0 unspecified atom stereocenters. The molecule has 0 aliphatic carbocycles. The predicted molar refractivity (Wildman–Crippen MR) is 5.75 cm³/mol. The Hall–Kier alpha value is 1.69. The van der Waals surface area contributed by atoms with Gasteiger partial charge in [-0.25, -0.2) is 0 Å². The van der Waals surface area contributed by atoms with Gasteiger partial charge in [0, 0.05) is 0 Å². The molecule has 0 amide bonds. The molecule has 0 spiro atoms. The van der Waals surface area contributed by atoms with Crippen molar-refractivity contribution in [1.82, 2.24) is 0 Å². The number of hydrogen-bond acceptors (Lipinski definition) is 0. The fraction of sp³-hybridized carbons (Fsp3) is 0. The smallest absolute Gasteiger partial charge is 1.00 e. The Morgan fingerprint density at radius 2 is 0.364 bits per heavy atom. The Morgan fingerprint density at radius 1 is 0.364 bits per heavy atom. The standard InChI is InChI=1S/Al.8FH.Na.Ti/h;8*1H;;/q+3;;;;;;;;;+1;+4/p-8. The van der Waals surface area contributed by atoms with Crippen molar-refractivity contribution >= 4 is 17.4 Å². The molecule has 0 atom stereocenters. The Bertz CT molecular complexity index is 14.1. The SMILES string of the molecule is [Al+3].[F-].[F-].[F-].[F-].[F-].[F-].[F-].[F-].[Na+].[Ti+4]. The second kappa shape index (κ2) is 469. The molecule has 64 valence electrons. The van der Waals surface area contributed by atoms with Gasteiger partial charge in [0.15, 0.2) is 0 Å². The van der Waals surface area contributed by atoms with Gasteiger partial charge in [0.25, 0.3) is 0 Å². The van der Waals surface area contributed by atoms with E-state index in [0.717, 1.165) is 0 Å². The summed E-state index contributed by atoms with van der Waals surface area (Å²) in [5.41, 5.74) is 0. The van der Waals surface area contributed by atoms with Crippen LogP contribution >= 0.6 is 0 Å². The van der Waals surface area contributed by atoms with Gasteiger partial charge < -0.3 is 37.6 Å². The summed E-state index contributed by atoms with van der Waals surface area (Å²) in [6, 6.07) is 0. The summed E-state index contributed by atoms with van der Waals surface area (Å²) in [6.45, 7) is 0. The first-order valence-corrected chi connectivity index (χ1v) is 0. The fourth-order valence-electron chi connectivity index (χ4n) is 0. The molecular weight excluding hydrogens is 250 g/mol. The second-order valence-electron chi connectivity index (χ2n) is 0. The van der Waals surface area contributed by atoms with E-state index < -0.39 is 0 Å². The second-order valence-corrected chi connectivity index (χ2v) is 0. The van der Waals surface area contributed by atoms with Crippen LogP contribution in [0.5, 0.6) is 0 Å². The van der Waals surface area contributed by atoms with Crippen LogP contribution in [0.25, 0.3) is 0 Å². The normalized spacial score (nSPS) is 0. The number of hydrogen-bond donors (Lipinski definition) is 0. The Morgan fingerprint density at radius 3 is 0.364 bits per heavy atom.